The number of hydrogen-bond acceptors (Lipinski definition) is 2. The standard InChI is InChI=1S/C15H23BrN2/c1-3-13-6-4-11(2)18(13)14-7-5-12(8-9-17)15(16)10-14/h5,7,10-11,13H,3-4,6,8-9,17H2,1-2H3. The lowest BCUT2D eigenvalue weighted by Crippen LogP contribution is -2.34. The predicted octanol–water partition coefficient (Wildman–Crippen LogP) is 3.72. The molecule has 1 aromatic carbocycles. The van der Waals surface area contributed by atoms with Crippen LogP contribution in [-0.4, -0.2) is 18.6 Å². The molecule has 2 N–H and O–H groups in total. The van der Waals surface area contributed by atoms with Gasteiger partial charge in [-0.3, -0.25) is 0 Å². The first-order valence-corrected chi connectivity index (χ1v) is 7.73. The Kier molecular flexibility index (Phi) is 4.68. The number of nitrogens with two attached hydrogens (primary N) is 1. The SMILES string of the molecule is CCC1CCC(C)N1c1ccc(CCN)c(Br)c1. The van der Waals surface area contributed by atoms with E-state index in [1.54, 1.807) is 0 Å². The number of nitrogens with zero attached hydrogens (tertiary/aromatic N) is 1. The van der Waals surface area contributed by atoms with Gasteiger partial charge in [0.2, 0.25) is 0 Å². The molecule has 18 heavy (non-hydrogen) atoms. The van der Waals surface area contributed by atoms with Gasteiger partial charge in [-0.15, -0.1) is 0 Å². The maximum absolute atomic E-state index is 5.62. The lowest BCUT2D eigenvalue weighted by Gasteiger charge is -2.30. The second kappa shape index (κ2) is 6.07. The number of halogens is 1. The molecule has 3 heteroatoms. The summed E-state index contributed by atoms with van der Waals surface area (Å²) in [7, 11) is 0. The van der Waals surface area contributed by atoms with Crippen molar-refractivity contribution in [3.8, 4) is 0 Å². The lowest BCUT2D eigenvalue weighted by molar-refractivity contribution is 0.628. The summed E-state index contributed by atoms with van der Waals surface area (Å²) in [4.78, 5) is 2.58. The number of hydrogen-bond donors (Lipinski definition) is 1. The van der Waals surface area contributed by atoms with Gasteiger partial charge in [0.25, 0.3) is 0 Å². The fraction of sp³-hybridized carbons (Fsp3) is 0.600. The zero-order valence-corrected chi connectivity index (χ0v) is 12.9. The summed E-state index contributed by atoms with van der Waals surface area (Å²) in [6.07, 6.45) is 4.79. The van der Waals surface area contributed by atoms with Crippen molar-refractivity contribution in [3.05, 3.63) is 28.2 Å². The van der Waals surface area contributed by atoms with Crippen molar-refractivity contribution in [2.24, 2.45) is 5.73 Å². The quantitative estimate of drug-likeness (QED) is 0.918. The molecule has 1 aromatic rings. The molecule has 2 nitrogen and oxygen atoms in total. The molecule has 0 aliphatic carbocycles. The van der Waals surface area contributed by atoms with E-state index in [9.17, 15) is 0 Å². The van der Waals surface area contributed by atoms with Crippen LogP contribution in [0.4, 0.5) is 5.69 Å². The molecule has 0 saturated carbocycles. The van der Waals surface area contributed by atoms with Crippen molar-refractivity contribution >= 4 is 21.6 Å². The summed E-state index contributed by atoms with van der Waals surface area (Å²) in [5.74, 6) is 0. The van der Waals surface area contributed by atoms with Gasteiger partial charge in [-0.05, 0) is 56.8 Å². The van der Waals surface area contributed by atoms with Crippen LogP contribution >= 0.6 is 15.9 Å². The normalized spacial score (nSPS) is 23.7. The van der Waals surface area contributed by atoms with Gasteiger partial charge in [-0.2, -0.15) is 0 Å². The van der Waals surface area contributed by atoms with Crippen molar-refractivity contribution in [1.82, 2.24) is 0 Å². The van der Waals surface area contributed by atoms with Crippen LogP contribution in [0.25, 0.3) is 0 Å². The fourth-order valence-electron chi connectivity index (χ4n) is 2.99. The maximum atomic E-state index is 5.62. The molecular weight excluding hydrogens is 288 g/mol. The highest BCUT2D eigenvalue weighted by Gasteiger charge is 2.29. The molecule has 100 valence electrons. The first-order valence-electron chi connectivity index (χ1n) is 6.94. The Hall–Kier alpha value is -0.540. The Morgan fingerprint density at radius 2 is 2.17 bits per heavy atom. The minimum atomic E-state index is 0.655. The molecular formula is C15H23BrN2. The van der Waals surface area contributed by atoms with Gasteiger partial charge in [-0.25, -0.2) is 0 Å². The molecule has 0 aromatic heterocycles. The van der Waals surface area contributed by atoms with Gasteiger partial charge in [0.1, 0.15) is 0 Å². The molecule has 0 amide bonds. The molecule has 1 saturated heterocycles. The smallest absolute Gasteiger partial charge is 0.0382 e. The predicted molar refractivity (Wildman–Crippen MR) is 82.2 cm³/mol. The molecule has 2 atom stereocenters. The van der Waals surface area contributed by atoms with Gasteiger partial charge in [0.15, 0.2) is 0 Å². The Morgan fingerprint density at radius 1 is 1.39 bits per heavy atom. The van der Waals surface area contributed by atoms with E-state index in [1.165, 1.54) is 35.0 Å². The monoisotopic (exact) mass is 310 g/mol. The van der Waals surface area contributed by atoms with Crippen molar-refractivity contribution < 1.29 is 0 Å². The summed E-state index contributed by atoms with van der Waals surface area (Å²) in [6.45, 7) is 5.32. The van der Waals surface area contributed by atoms with Gasteiger partial charge < -0.3 is 10.6 Å². The Bertz CT molecular complexity index is 405. The molecule has 0 radical (unpaired) electrons. The zero-order chi connectivity index (χ0) is 13.1. The van der Waals surface area contributed by atoms with Crippen LogP contribution < -0.4 is 10.6 Å². The molecule has 0 spiro atoms. The van der Waals surface area contributed by atoms with Crippen LogP contribution in [0.15, 0.2) is 22.7 Å². The van der Waals surface area contributed by atoms with Crippen LogP contribution in [0.3, 0.4) is 0 Å². The van der Waals surface area contributed by atoms with Crippen molar-refractivity contribution in [2.75, 3.05) is 11.4 Å². The maximum Gasteiger partial charge on any atom is 0.0382 e. The molecule has 1 aliphatic heterocycles. The van der Waals surface area contributed by atoms with Crippen molar-refractivity contribution in [3.63, 3.8) is 0 Å². The minimum Gasteiger partial charge on any atom is -0.366 e. The summed E-state index contributed by atoms with van der Waals surface area (Å²) in [5, 5.41) is 0. The third-order valence-electron chi connectivity index (χ3n) is 4.01. The number of rotatable bonds is 4. The molecule has 1 fully saturated rings. The van der Waals surface area contributed by atoms with Crippen LogP contribution in [0.1, 0.15) is 38.7 Å². The van der Waals surface area contributed by atoms with Crippen molar-refractivity contribution in [2.45, 2.75) is 51.6 Å². The Labute approximate surface area is 119 Å². The van der Waals surface area contributed by atoms with E-state index in [2.05, 4.69) is 52.9 Å². The van der Waals surface area contributed by atoms with Gasteiger partial charge in [0.05, 0.1) is 0 Å². The average Bonchev–Trinajstić information content (AvgIpc) is 2.73. The second-order valence-corrected chi connectivity index (χ2v) is 6.06. The first-order chi connectivity index (χ1) is 8.67. The second-order valence-electron chi connectivity index (χ2n) is 5.21. The van der Waals surface area contributed by atoms with E-state index in [4.69, 9.17) is 5.73 Å². The largest absolute Gasteiger partial charge is 0.366 e. The van der Waals surface area contributed by atoms with Crippen LogP contribution in [-0.2, 0) is 6.42 Å². The minimum absolute atomic E-state index is 0.655. The topological polar surface area (TPSA) is 29.3 Å². The van der Waals surface area contributed by atoms with Gasteiger partial charge in [-0.1, -0.05) is 28.9 Å². The van der Waals surface area contributed by atoms with E-state index < -0.39 is 0 Å². The van der Waals surface area contributed by atoms with Crippen molar-refractivity contribution in [1.29, 1.82) is 0 Å². The summed E-state index contributed by atoms with van der Waals surface area (Å²) < 4.78 is 1.19. The molecule has 2 unspecified atom stereocenters. The number of anilines is 1. The van der Waals surface area contributed by atoms with Crippen LogP contribution in [0.5, 0.6) is 0 Å². The molecule has 2 rings (SSSR count). The molecule has 1 heterocycles. The van der Waals surface area contributed by atoms with Crippen LogP contribution in [0, 0.1) is 0 Å². The highest BCUT2D eigenvalue weighted by atomic mass is 79.9. The van der Waals surface area contributed by atoms with Gasteiger partial charge >= 0.3 is 0 Å². The van der Waals surface area contributed by atoms with Gasteiger partial charge in [0, 0.05) is 22.2 Å². The van der Waals surface area contributed by atoms with E-state index in [1.807, 2.05) is 0 Å². The Morgan fingerprint density at radius 3 is 2.78 bits per heavy atom. The van der Waals surface area contributed by atoms with E-state index >= 15 is 0 Å². The van der Waals surface area contributed by atoms with E-state index in [0.717, 1.165) is 6.42 Å². The summed E-state index contributed by atoms with van der Waals surface area (Å²) in [5.41, 5.74) is 8.28. The summed E-state index contributed by atoms with van der Waals surface area (Å²) in [6, 6.07) is 8.08. The highest BCUT2D eigenvalue weighted by molar-refractivity contribution is 9.10. The zero-order valence-electron chi connectivity index (χ0n) is 11.3. The third-order valence-corrected chi connectivity index (χ3v) is 4.74. The average molecular weight is 311 g/mol. The fourth-order valence-corrected chi connectivity index (χ4v) is 3.56. The molecule has 1 aliphatic rings. The van der Waals surface area contributed by atoms with E-state index in [0.29, 0.717) is 18.6 Å². The van der Waals surface area contributed by atoms with Crippen LogP contribution in [0.2, 0.25) is 0 Å². The first kappa shape index (κ1) is 13.9. The number of benzene rings is 1. The molecule has 0 bridgehead atoms. The Balaban J connectivity index is 2.25. The lowest BCUT2D eigenvalue weighted by atomic mass is 10.1. The summed E-state index contributed by atoms with van der Waals surface area (Å²) >= 11 is 3.67. The highest BCUT2D eigenvalue weighted by Crippen LogP contribution is 2.34. The van der Waals surface area contributed by atoms with E-state index in [-0.39, 0.29) is 0 Å². The third kappa shape index (κ3) is 2.72.